The number of Topliss-reactive ketones (excluding diaryl/α,β-unsaturated/α-hetero) is 1. The molecule has 31 heavy (non-hydrogen) atoms. The van der Waals surface area contributed by atoms with E-state index in [0.717, 1.165) is 17.0 Å². The zero-order valence-corrected chi connectivity index (χ0v) is 17.2. The first-order valence-electron chi connectivity index (χ1n) is 9.65. The molecule has 0 saturated heterocycles. The number of alkyl halides is 3. The molecule has 1 heterocycles. The lowest BCUT2D eigenvalue weighted by molar-refractivity contribution is -0.137. The summed E-state index contributed by atoms with van der Waals surface area (Å²) in [4.78, 5) is 26.9. The molecule has 0 radical (unpaired) electrons. The minimum atomic E-state index is -4.62. The fourth-order valence-electron chi connectivity index (χ4n) is 3.60. The van der Waals surface area contributed by atoms with Crippen molar-refractivity contribution in [3.63, 3.8) is 0 Å². The van der Waals surface area contributed by atoms with Gasteiger partial charge in [-0.15, -0.1) is 0 Å². The third-order valence-electron chi connectivity index (χ3n) is 4.96. The molecule has 2 aromatic rings. The van der Waals surface area contributed by atoms with E-state index in [4.69, 9.17) is 4.74 Å². The van der Waals surface area contributed by atoms with Crippen LogP contribution in [0.2, 0.25) is 0 Å². The average Bonchev–Trinajstić information content (AvgIpc) is 2.98. The average molecular weight is 433 g/mol. The van der Waals surface area contributed by atoms with Crippen molar-refractivity contribution >= 4 is 17.4 Å². The molecule has 2 aromatic carbocycles. The number of methoxy groups -OCH3 is 1. The maximum Gasteiger partial charge on any atom is 0.416 e. The monoisotopic (exact) mass is 433 g/mol. The number of rotatable bonds is 6. The van der Waals surface area contributed by atoms with Crippen LogP contribution in [0.1, 0.15) is 37.4 Å². The van der Waals surface area contributed by atoms with E-state index in [1.54, 1.807) is 24.3 Å². The fraction of sp³-hybridized carbons (Fsp3) is 0.304. The number of ketones is 1. The Morgan fingerprint density at radius 1 is 1.16 bits per heavy atom. The molecule has 0 aliphatic carbocycles. The fourth-order valence-corrected chi connectivity index (χ4v) is 3.60. The summed E-state index contributed by atoms with van der Waals surface area (Å²) in [7, 11) is 1.45. The van der Waals surface area contributed by atoms with Gasteiger partial charge in [-0.3, -0.25) is 14.5 Å². The lowest BCUT2D eigenvalue weighted by Crippen LogP contribution is -2.31. The molecular weight excluding hydrogens is 411 g/mol. The number of carbonyl (C=O) groups is 2. The normalized spacial score (nSPS) is 16.9. The minimum absolute atomic E-state index is 0.0449. The van der Waals surface area contributed by atoms with Crippen molar-refractivity contribution in [1.29, 1.82) is 0 Å². The molecule has 0 bridgehead atoms. The van der Waals surface area contributed by atoms with Gasteiger partial charge in [0.1, 0.15) is 5.75 Å². The van der Waals surface area contributed by atoms with E-state index in [2.05, 4.69) is 0 Å². The number of benzene rings is 2. The quantitative estimate of drug-likeness (QED) is 0.678. The van der Waals surface area contributed by atoms with E-state index in [1.807, 2.05) is 13.8 Å². The van der Waals surface area contributed by atoms with Gasteiger partial charge in [-0.2, -0.15) is 13.2 Å². The molecule has 1 amide bonds. The molecule has 3 rings (SSSR count). The number of hydrogen-bond acceptors (Lipinski definition) is 4. The summed E-state index contributed by atoms with van der Waals surface area (Å²) in [5.74, 6) is -1.73. The molecule has 5 nitrogen and oxygen atoms in total. The minimum Gasteiger partial charge on any atom is -0.503 e. The second-order valence-electron chi connectivity index (χ2n) is 7.69. The van der Waals surface area contributed by atoms with Crippen molar-refractivity contribution in [1.82, 2.24) is 0 Å². The van der Waals surface area contributed by atoms with Crippen molar-refractivity contribution in [2.75, 3.05) is 12.0 Å². The highest BCUT2D eigenvalue weighted by Gasteiger charge is 2.45. The van der Waals surface area contributed by atoms with Crippen LogP contribution in [0.3, 0.4) is 0 Å². The van der Waals surface area contributed by atoms with Gasteiger partial charge in [0.15, 0.2) is 11.5 Å². The van der Waals surface area contributed by atoms with E-state index in [0.29, 0.717) is 11.3 Å². The summed E-state index contributed by atoms with van der Waals surface area (Å²) in [5.41, 5.74) is -0.721. The van der Waals surface area contributed by atoms with Crippen LogP contribution in [0.15, 0.2) is 59.9 Å². The zero-order chi connectivity index (χ0) is 22.9. The van der Waals surface area contributed by atoms with Gasteiger partial charge in [0.05, 0.1) is 24.3 Å². The van der Waals surface area contributed by atoms with Gasteiger partial charge < -0.3 is 9.84 Å². The molecule has 8 heteroatoms. The van der Waals surface area contributed by atoms with Crippen LogP contribution in [-0.2, 0) is 15.8 Å². The summed E-state index contributed by atoms with van der Waals surface area (Å²) < 4.78 is 45.0. The number of aliphatic hydroxyl groups excluding tert-OH is 1. The SMILES string of the molecule is COc1cccc(C2C(C(=O)CC(C)C)=C(O)C(=O)N2c2cccc(C(F)(F)F)c2)c1. The highest BCUT2D eigenvalue weighted by Crippen LogP contribution is 2.43. The molecule has 164 valence electrons. The number of amides is 1. The number of nitrogens with zero attached hydrogens (tertiary/aromatic N) is 1. The van der Waals surface area contributed by atoms with E-state index in [1.165, 1.54) is 19.2 Å². The predicted molar refractivity (Wildman–Crippen MR) is 109 cm³/mol. The number of carbonyl (C=O) groups excluding carboxylic acids is 2. The second kappa shape index (κ2) is 8.45. The Bertz CT molecular complexity index is 1040. The van der Waals surface area contributed by atoms with Crippen LogP contribution < -0.4 is 9.64 Å². The Hall–Kier alpha value is -3.29. The van der Waals surface area contributed by atoms with Crippen LogP contribution in [0.4, 0.5) is 18.9 Å². The Balaban J connectivity index is 2.18. The standard InChI is InChI=1S/C23H22F3NO4/c1-13(2)10-18(28)19-20(14-6-4-9-17(11-14)31-3)27(22(30)21(19)29)16-8-5-7-15(12-16)23(24,25)26/h4-9,11-13,20,29H,10H2,1-3H3. The topological polar surface area (TPSA) is 66.8 Å². The number of halogens is 3. The smallest absolute Gasteiger partial charge is 0.416 e. The summed E-state index contributed by atoms with van der Waals surface area (Å²) in [6, 6.07) is 9.66. The lowest BCUT2D eigenvalue weighted by atomic mass is 9.92. The van der Waals surface area contributed by atoms with E-state index in [9.17, 15) is 27.9 Å². The first-order chi connectivity index (χ1) is 14.5. The first-order valence-corrected chi connectivity index (χ1v) is 9.65. The van der Waals surface area contributed by atoms with Crippen molar-refractivity contribution < 1.29 is 32.6 Å². The Labute approximate surface area is 177 Å². The third kappa shape index (κ3) is 4.42. The number of aliphatic hydroxyl groups is 1. The maximum atomic E-state index is 13.3. The van der Waals surface area contributed by atoms with E-state index < -0.39 is 35.2 Å². The molecule has 0 fully saturated rings. The van der Waals surface area contributed by atoms with Crippen molar-refractivity contribution in [3.8, 4) is 5.75 Å². The first kappa shape index (κ1) is 22.4. The van der Waals surface area contributed by atoms with Crippen LogP contribution >= 0.6 is 0 Å². The van der Waals surface area contributed by atoms with E-state index >= 15 is 0 Å². The Morgan fingerprint density at radius 3 is 2.45 bits per heavy atom. The van der Waals surface area contributed by atoms with Gasteiger partial charge in [-0.1, -0.05) is 32.0 Å². The molecule has 1 unspecified atom stereocenters. The molecule has 0 aromatic heterocycles. The molecule has 1 aliphatic heterocycles. The number of hydrogen-bond donors (Lipinski definition) is 1. The van der Waals surface area contributed by atoms with E-state index in [-0.39, 0.29) is 23.6 Å². The van der Waals surface area contributed by atoms with Crippen molar-refractivity contribution in [2.24, 2.45) is 5.92 Å². The highest BCUT2D eigenvalue weighted by atomic mass is 19.4. The number of anilines is 1. The lowest BCUT2D eigenvalue weighted by Gasteiger charge is -2.28. The summed E-state index contributed by atoms with van der Waals surface area (Å²) in [5, 5.41) is 10.6. The predicted octanol–water partition coefficient (Wildman–Crippen LogP) is 5.23. The van der Waals surface area contributed by atoms with Crippen LogP contribution in [0, 0.1) is 5.92 Å². The second-order valence-corrected chi connectivity index (χ2v) is 7.69. The summed E-state index contributed by atoms with van der Waals surface area (Å²) in [6.07, 6.45) is -4.54. The van der Waals surface area contributed by atoms with Gasteiger partial charge >= 0.3 is 6.18 Å². The maximum absolute atomic E-state index is 13.3. The van der Waals surface area contributed by atoms with Crippen LogP contribution in [-0.4, -0.2) is 23.9 Å². The molecular formula is C23H22F3NO4. The molecule has 1 N–H and O–H groups in total. The van der Waals surface area contributed by atoms with Crippen molar-refractivity contribution in [2.45, 2.75) is 32.5 Å². The van der Waals surface area contributed by atoms with Gasteiger partial charge in [-0.25, -0.2) is 0 Å². The highest BCUT2D eigenvalue weighted by molar-refractivity contribution is 6.16. The molecule has 0 spiro atoms. The molecule has 1 aliphatic rings. The zero-order valence-electron chi connectivity index (χ0n) is 17.2. The Morgan fingerprint density at radius 2 is 1.84 bits per heavy atom. The molecule has 1 atom stereocenters. The molecule has 0 saturated carbocycles. The van der Waals surface area contributed by atoms with Gasteiger partial charge in [0, 0.05) is 12.1 Å². The largest absolute Gasteiger partial charge is 0.503 e. The Kier molecular flexibility index (Phi) is 6.10. The third-order valence-corrected chi connectivity index (χ3v) is 4.96. The van der Waals surface area contributed by atoms with Crippen LogP contribution in [0.25, 0.3) is 0 Å². The van der Waals surface area contributed by atoms with Gasteiger partial charge in [0.2, 0.25) is 0 Å². The summed E-state index contributed by atoms with van der Waals surface area (Å²) in [6.45, 7) is 3.63. The number of ether oxygens (including phenoxy) is 1. The van der Waals surface area contributed by atoms with Crippen molar-refractivity contribution in [3.05, 3.63) is 71.0 Å². The van der Waals surface area contributed by atoms with Gasteiger partial charge in [-0.05, 0) is 41.8 Å². The summed E-state index contributed by atoms with van der Waals surface area (Å²) >= 11 is 0. The van der Waals surface area contributed by atoms with Gasteiger partial charge in [0.25, 0.3) is 5.91 Å². The van der Waals surface area contributed by atoms with Crippen LogP contribution in [0.5, 0.6) is 5.75 Å².